The number of thioether (sulfide) groups is 1. The third kappa shape index (κ3) is 33.8. The molecule has 636 valence electrons. The van der Waals surface area contributed by atoms with Gasteiger partial charge in [-0.2, -0.15) is 11.8 Å². The molecule has 5 rings (SSSR count). The van der Waals surface area contributed by atoms with Gasteiger partial charge in [0.05, 0.1) is 6.42 Å². The number of benzene rings is 3. The zero-order valence-corrected chi connectivity index (χ0v) is 66.8. The third-order valence-electron chi connectivity index (χ3n) is 19.2. The number of H-pyrrole nitrogens is 2. The number of fused-ring (bicyclic) bond motifs is 2. The minimum atomic E-state index is -1.84. The number of nitrogens with one attached hydrogen (secondary N) is 18. The van der Waals surface area contributed by atoms with E-state index in [0.29, 0.717) is 62.6 Å². The van der Waals surface area contributed by atoms with Crippen molar-refractivity contribution in [1.82, 2.24) is 79.1 Å². The fraction of sp³-hybridized carbons (Fsp3) is 0.519. The summed E-state index contributed by atoms with van der Waals surface area (Å²) in [4.78, 5) is 179. The summed E-state index contributed by atoms with van der Waals surface area (Å²) in [5.41, 5.74) is 49.4. The van der Waals surface area contributed by atoms with Crippen molar-refractivity contribution in [3.8, 4) is 0 Å². The highest BCUT2D eigenvalue weighted by molar-refractivity contribution is 7.98. The summed E-state index contributed by atoms with van der Waals surface area (Å²) in [6.07, 6.45) is 6.88. The molecule has 11 unspecified atom stereocenters. The molecule has 0 saturated carbocycles. The van der Waals surface area contributed by atoms with Gasteiger partial charge in [0, 0.05) is 72.6 Å². The van der Waals surface area contributed by atoms with Gasteiger partial charge in [-0.05, 0) is 170 Å². The highest BCUT2D eigenvalue weighted by Crippen LogP contribution is 2.23. The monoisotopic (exact) mass is 1630 g/mol. The van der Waals surface area contributed by atoms with Crippen LogP contribution >= 0.6 is 11.8 Å². The number of hydrogen-bond donors (Lipinski definition) is 26. The van der Waals surface area contributed by atoms with Gasteiger partial charge >= 0.3 is 0 Å². The third-order valence-corrected chi connectivity index (χ3v) is 19.8. The largest absolute Gasteiger partial charge is 0.370 e. The number of hydrogen-bond acceptors (Lipinski definition) is 19. The van der Waals surface area contributed by atoms with Crippen LogP contribution in [0.3, 0.4) is 0 Å². The summed E-state index contributed by atoms with van der Waals surface area (Å²) in [5.74, 6) is -12.0. The maximum absolute atomic E-state index is 15.0. The van der Waals surface area contributed by atoms with Crippen LogP contribution in [0.2, 0.25) is 0 Å². The molecule has 5 aromatic rings. The van der Waals surface area contributed by atoms with Crippen LogP contribution in [0.15, 0.2) is 91.3 Å². The number of aromatic amines is 2. The van der Waals surface area contributed by atoms with Gasteiger partial charge in [-0.25, -0.2) is 0 Å². The number of carbonyl (C=O) groups excluding carboxylic acids is 12. The molecule has 34 N–H and O–H groups in total. The number of para-hydroxylation sites is 2. The Morgan fingerprint density at radius 2 is 0.672 bits per heavy atom. The molecule has 116 heavy (non-hydrogen) atoms. The van der Waals surface area contributed by atoms with E-state index in [1.807, 2.05) is 48.7 Å². The van der Waals surface area contributed by atoms with E-state index in [-0.39, 0.29) is 121 Å². The Hall–Kier alpha value is -11.6. The predicted molar refractivity (Wildman–Crippen MR) is 445 cm³/mol. The molecule has 3 aromatic carbocycles. The van der Waals surface area contributed by atoms with E-state index < -0.39 is 156 Å². The minimum Gasteiger partial charge on any atom is -0.370 e. The van der Waals surface area contributed by atoms with Crippen LogP contribution in [-0.2, 0) is 76.8 Å². The van der Waals surface area contributed by atoms with Gasteiger partial charge in [-0.15, -0.1) is 0 Å². The average Bonchev–Trinajstić information content (AvgIpc) is 1.75. The number of aromatic nitrogens is 2. The topological polar surface area (TPSA) is 673 Å². The highest BCUT2D eigenvalue weighted by Gasteiger charge is 2.37. The van der Waals surface area contributed by atoms with Gasteiger partial charge in [0.2, 0.25) is 70.9 Å². The Labute approximate surface area is 678 Å². The van der Waals surface area contributed by atoms with E-state index in [1.165, 1.54) is 11.8 Å². The second-order valence-corrected chi connectivity index (χ2v) is 29.5. The Bertz CT molecular complexity index is 4070. The number of unbranched alkanes of at least 4 members (excludes halogenated alkanes) is 3. The fourth-order valence-corrected chi connectivity index (χ4v) is 13.4. The molecule has 0 bridgehead atoms. The maximum atomic E-state index is 15.0. The van der Waals surface area contributed by atoms with E-state index in [0.717, 1.165) is 27.4 Å². The quantitative estimate of drug-likeness (QED) is 0.0108. The molecule has 0 aliphatic carbocycles. The summed E-state index contributed by atoms with van der Waals surface area (Å²) in [7, 11) is 0. The summed E-state index contributed by atoms with van der Waals surface area (Å²) in [6.45, 7) is 2.56. The van der Waals surface area contributed by atoms with Crippen molar-refractivity contribution in [2.45, 2.75) is 196 Å². The molecule has 11 atom stereocenters. The summed E-state index contributed by atoms with van der Waals surface area (Å²) >= 11 is 1.32. The minimum absolute atomic E-state index is 0.00585. The van der Waals surface area contributed by atoms with Crippen molar-refractivity contribution in [1.29, 1.82) is 16.2 Å². The number of carbonyl (C=O) groups is 12. The number of guanidine groups is 3. The van der Waals surface area contributed by atoms with Gasteiger partial charge in [0.25, 0.3) is 0 Å². The van der Waals surface area contributed by atoms with Crippen LogP contribution in [0, 0.1) is 22.1 Å². The highest BCUT2D eigenvalue weighted by atomic mass is 32.2. The SMILES string of the molecule is CSCCC(NC(=O)C(CCCNC(=N)N)NC(=O)C(CCCNC(=N)N)NC(=O)C(CC(N)=O)NC(=O)C(CCCNC(=N)N)NC(=O)C(Cc1ccccc1)NC(=O)C(C)Cc1c[nH]c2ccccc12)C(=O)NC(CCCCN)C(=O)NC(Cc1c[nH]c2ccccc12)C(=O)NC(CCCCN)C(=O)NC(CCCCN)C(N)=O. The van der Waals surface area contributed by atoms with Gasteiger partial charge in [-0.1, -0.05) is 73.7 Å². The van der Waals surface area contributed by atoms with Crippen LogP contribution in [0.4, 0.5) is 0 Å². The standard InChI is InChI=1S/C77H120N26O12S/c1-45(39-47-43-92-51-23-8-6-21-49(47)51)65(106)101-60(40-46-19-4-3-5-20-46)72(113)98-58(30-18-37-91-77(87)88)70(111)103-62(42-63(81)104)74(115)99-57(29-17-36-90-76(85)86)67(108)96-56(28-16-35-89-75(83)84)68(109)100-59(31-38-116-2)71(112)95-55(27-12-15-34-80)69(110)102-61(41-48-44-93-52-24-9-7-22-50(48)52)73(114)97-54(26-11-14-33-79)66(107)94-53(64(82)105)25-10-13-32-78/h3-9,19-24,43-45,53-62,92-93H,10-18,25-42,78-80H2,1-2H3,(H2,81,104)(H2,82,105)(H,94,107)(H,95,112)(H,96,108)(H,97,114)(H,98,113)(H,99,115)(H,100,109)(H,101,106)(H,102,110)(H,103,111)(H4,83,84,89)(H4,85,86,90)(H4,87,88,91). The number of nitrogens with two attached hydrogens (primary N) is 8. The average molecular weight is 1630 g/mol. The first-order chi connectivity index (χ1) is 55.5. The van der Waals surface area contributed by atoms with E-state index in [2.05, 4.69) is 79.1 Å². The molecular weight excluding hydrogens is 1510 g/mol. The van der Waals surface area contributed by atoms with Gasteiger partial charge in [0.1, 0.15) is 60.4 Å². The molecule has 0 fully saturated rings. The first-order valence-electron chi connectivity index (χ1n) is 39.1. The fourth-order valence-electron chi connectivity index (χ4n) is 12.9. The number of amides is 12. The normalized spacial score (nSPS) is 14.0. The molecule has 0 aliphatic heterocycles. The van der Waals surface area contributed by atoms with Gasteiger partial charge in [0.15, 0.2) is 17.9 Å². The molecule has 39 heteroatoms. The molecular formula is C77H120N26O12S. The van der Waals surface area contributed by atoms with E-state index in [4.69, 9.17) is 62.1 Å². The molecule has 2 aromatic heterocycles. The summed E-state index contributed by atoms with van der Waals surface area (Å²) < 4.78 is 0. The van der Waals surface area contributed by atoms with Gasteiger partial charge in [-0.3, -0.25) is 73.8 Å². The zero-order chi connectivity index (χ0) is 85.1. The van der Waals surface area contributed by atoms with Crippen molar-refractivity contribution in [2.24, 2.45) is 51.8 Å². The Kier molecular flexibility index (Phi) is 42.0. The molecule has 12 amide bonds. The lowest BCUT2D eigenvalue weighted by Crippen LogP contribution is -2.61. The second kappa shape index (κ2) is 51.3. The Morgan fingerprint density at radius 1 is 0.362 bits per heavy atom. The first kappa shape index (κ1) is 95.0. The molecule has 0 spiro atoms. The van der Waals surface area contributed by atoms with E-state index in [1.54, 1.807) is 55.8 Å². The predicted octanol–water partition coefficient (Wildman–Crippen LogP) is -2.55. The van der Waals surface area contributed by atoms with Crippen molar-refractivity contribution in [3.63, 3.8) is 0 Å². The van der Waals surface area contributed by atoms with Crippen LogP contribution in [-0.4, -0.2) is 210 Å². The lowest BCUT2D eigenvalue weighted by atomic mass is 9.98. The lowest BCUT2D eigenvalue weighted by Gasteiger charge is -2.28. The number of rotatable bonds is 56. The van der Waals surface area contributed by atoms with Crippen molar-refractivity contribution in [3.05, 3.63) is 108 Å². The summed E-state index contributed by atoms with van der Waals surface area (Å²) in [6, 6.07) is 9.34. The maximum Gasteiger partial charge on any atom is 0.243 e. The molecule has 2 heterocycles. The van der Waals surface area contributed by atoms with E-state index in [9.17, 15) is 57.5 Å². The summed E-state index contributed by atoms with van der Waals surface area (Å²) in [5, 5.41) is 59.9. The Balaban J connectivity index is 1.44. The second-order valence-electron chi connectivity index (χ2n) is 28.5. The van der Waals surface area contributed by atoms with Crippen molar-refractivity contribution in [2.75, 3.05) is 51.3 Å². The van der Waals surface area contributed by atoms with E-state index >= 15 is 0 Å². The smallest absolute Gasteiger partial charge is 0.243 e. The van der Waals surface area contributed by atoms with Gasteiger partial charge < -0.3 is 125 Å². The first-order valence-corrected chi connectivity index (χ1v) is 40.5. The van der Waals surface area contributed by atoms with Crippen LogP contribution < -0.4 is 115 Å². The van der Waals surface area contributed by atoms with Crippen molar-refractivity contribution < 1.29 is 57.5 Å². The van der Waals surface area contributed by atoms with Crippen molar-refractivity contribution >= 4 is 122 Å². The molecule has 38 nitrogen and oxygen atoms in total. The van der Waals surface area contributed by atoms with Crippen LogP contribution in [0.5, 0.6) is 0 Å². The molecule has 0 radical (unpaired) electrons. The molecule has 0 aliphatic rings. The van der Waals surface area contributed by atoms with Crippen LogP contribution in [0.1, 0.15) is 133 Å². The Morgan fingerprint density at radius 3 is 1.05 bits per heavy atom. The zero-order valence-electron chi connectivity index (χ0n) is 66.0. The number of primary amides is 2. The lowest BCUT2D eigenvalue weighted by molar-refractivity contribution is -0.136. The molecule has 0 saturated heterocycles. The van der Waals surface area contributed by atoms with Crippen LogP contribution in [0.25, 0.3) is 21.8 Å².